The molecule has 0 aliphatic carbocycles. The topological polar surface area (TPSA) is 81.6 Å². The lowest BCUT2D eigenvalue weighted by Gasteiger charge is -2.20. The standard InChI is InChI=1S/C11H15FN2O3/c1-11(17,7-15)6-13-10(16)14-9-5-3-2-4-8(9)12/h2-5,15,17H,6-7H2,1H3,(H2,13,14,16). The maximum Gasteiger partial charge on any atom is 0.319 e. The van der Waals surface area contributed by atoms with E-state index in [4.69, 9.17) is 5.11 Å². The first kappa shape index (κ1) is 13.4. The van der Waals surface area contributed by atoms with Gasteiger partial charge in [0, 0.05) is 0 Å². The molecule has 1 rings (SSSR count). The maximum absolute atomic E-state index is 13.2. The highest BCUT2D eigenvalue weighted by molar-refractivity contribution is 5.89. The number of urea groups is 1. The van der Waals surface area contributed by atoms with Gasteiger partial charge in [-0.25, -0.2) is 9.18 Å². The summed E-state index contributed by atoms with van der Waals surface area (Å²) < 4.78 is 13.2. The largest absolute Gasteiger partial charge is 0.393 e. The van der Waals surface area contributed by atoms with Crippen LogP contribution in [0.5, 0.6) is 0 Å². The molecule has 6 heteroatoms. The zero-order valence-corrected chi connectivity index (χ0v) is 9.40. The average Bonchev–Trinajstić information content (AvgIpc) is 2.30. The Morgan fingerprint density at radius 3 is 2.71 bits per heavy atom. The van der Waals surface area contributed by atoms with Crippen LogP contribution in [0, 0.1) is 5.82 Å². The van der Waals surface area contributed by atoms with Crippen LogP contribution in [0.15, 0.2) is 24.3 Å². The van der Waals surface area contributed by atoms with Crippen LogP contribution < -0.4 is 10.6 Å². The quantitative estimate of drug-likeness (QED) is 0.627. The molecule has 0 radical (unpaired) electrons. The van der Waals surface area contributed by atoms with E-state index in [1.165, 1.54) is 25.1 Å². The summed E-state index contributed by atoms with van der Waals surface area (Å²) in [6.45, 7) is 0.757. The second kappa shape index (κ2) is 5.60. The van der Waals surface area contributed by atoms with Crippen LogP contribution in [-0.4, -0.2) is 35.0 Å². The summed E-state index contributed by atoms with van der Waals surface area (Å²) in [5.74, 6) is -0.545. The number of aliphatic hydroxyl groups excluding tert-OH is 1. The highest BCUT2D eigenvalue weighted by Gasteiger charge is 2.19. The van der Waals surface area contributed by atoms with Crippen molar-refractivity contribution in [1.82, 2.24) is 5.32 Å². The van der Waals surface area contributed by atoms with Crippen molar-refractivity contribution in [2.75, 3.05) is 18.5 Å². The van der Waals surface area contributed by atoms with Crippen LogP contribution in [0.4, 0.5) is 14.9 Å². The van der Waals surface area contributed by atoms with Gasteiger partial charge in [0.2, 0.25) is 0 Å². The maximum atomic E-state index is 13.2. The molecule has 0 aliphatic rings. The van der Waals surface area contributed by atoms with Gasteiger partial charge < -0.3 is 20.8 Å². The molecule has 1 aromatic carbocycles. The number of nitrogens with one attached hydrogen (secondary N) is 2. The van der Waals surface area contributed by atoms with Crippen LogP contribution in [0.25, 0.3) is 0 Å². The number of para-hydroxylation sites is 1. The van der Waals surface area contributed by atoms with Gasteiger partial charge in [-0.3, -0.25) is 0 Å². The van der Waals surface area contributed by atoms with E-state index in [2.05, 4.69) is 10.6 Å². The Kier molecular flexibility index (Phi) is 4.42. The first-order valence-electron chi connectivity index (χ1n) is 5.07. The number of hydrogen-bond donors (Lipinski definition) is 4. The van der Waals surface area contributed by atoms with Crippen molar-refractivity contribution in [2.24, 2.45) is 0 Å². The smallest absolute Gasteiger partial charge is 0.319 e. The molecule has 0 spiro atoms. The lowest BCUT2D eigenvalue weighted by atomic mass is 10.1. The van der Waals surface area contributed by atoms with Crippen molar-refractivity contribution in [3.8, 4) is 0 Å². The van der Waals surface area contributed by atoms with Gasteiger partial charge in [-0.2, -0.15) is 0 Å². The predicted octanol–water partition coefficient (Wildman–Crippen LogP) is 0.690. The number of amides is 2. The molecule has 2 amide bonds. The van der Waals surface area contributed by atoms with Crippen LogP contribution in [0.1, 0.15) is 6.92 Å². The van der Waals surface area contributed by atoms with Gasteiger partial charge in [0.1, 0.15) is 11.4 Å². The monoisotopic (exact) mass is 242 g/mol. The van der Waals surface area contributed by atoms with E-state index < -0.39 is 24.1 Å². The number of hydrogen-bond acceptors (Lipinski definition) is 3. The fourth-order valence-electron chi connectivity index (χ4n) is 1.06. The van der Waals surface area contributed by atoms with Gasteiger partial charge in [-0.05, 0) is 19.1 Å². The third-order valence-corrected chi connectivity index (χ3v) is 2.09. The van der Waals surface area contributed by atoms with E-state index in [0.717, 1.165) is 0 Å². The summed E-state index contributed by atoms with van der Waals surface area (Å²) in [6, 6.07) is 5.08. The number of carbonyl (C=O) groups is 1. The highest BCUT2D eigenvalue weighted by atomic mass is 19.1. The highest BCUT2D eigenvalue weighted by Crippen LogP contribution is 2.11. The van der Waals surface area contributed by atoms with E-state index >= 15 is 0 Å². The molecule has 1 aromatic rings. The summed E-state index contributed by atoms with van der Waals surface area (Å²) in [5.41, 5.74) is -1.35. The summed E-state index contributed by atoms with van der Waals surface area (Å²) >= 11 is 0. The van der Waals surface area contributed by atoms with Gasteiger partial charge in [0.15, 0.2) is 0 Å². The van der Waals surface area contributed by atoms with E-state index in [-0.39, 0.29) is 12.2 Å². The van der Waals surface area contributed by atoms with Gasteiger partial charge in [-0.1, -0.05) is 12.1 Å². The zero-order chi connectivity index (χ0) is 12.9. The van der Waals surface area contributed by atoms with Gasteiger partial charge in [0.25, 0.3) is 0 Å². The summed E-state index contributed by atoms with van der Waals surface area (Å²) in [4.78, 5) is 11.3. The van der Waals surface area contributed by atoms with Gasteiger partial charge in [-0.15, -0.1) is 0 Å². The third kappa shape index (κ3) is 4.38. The zero-order valence-electron chi connectivity index (χ0n) is 9.40. The molecular formula is C11H15FN2O3. The van der Waals surface area contributed by atoms with Crippen LogP contribution in [0.2, 0.25) is 0 Å². The molecule has 0 bridgehead atoms. The van der Waals surface area contributed by atoms with Crippen molar-refractivity contribution in [2.45, 2.75) is 12.5 Å². The molecule has 5 nitrogen and oxygen atoms in total. The summed E-state index contributed by atoms with van der Waals surface area (Å²) in [5, 5.41) is 22.8. The van der Waals surface area contributed by atoms with Gasteiger partial charge >= 0.3 is 6.03 Å². The predicted molar refractivity (Wildman–Crippen MR) is 61.1 cm³/mol. The lowest BCUT2D eigenvalue weighted by molar-refractivity contribution is 0.00514. The summed E-state index contributed by atoms with van der Waals surface area (Å²) in [7, 11) is 0. The number of aliphatic hydroxyl groups is 2. The molecule has 1 atom stereocenters. The molecule has 0 aromatic heterocycles. The van der Waals surface area contributed by atoms with E-state index in [9.17, 15) is 14.3 Å². The normalized spacial score (nSPS) is 13.9. The Hall–Kier alpha value is -1.66. The molecule has 4 N–H and O–H groups in total. The number of benzene rings is 1. The molecule has 1 unspecified atom stereocenters. The van der Waals surface area contributed by atoms with E-state index in [1.807, 2.05) is 0 Å². The Balaban J connectivity index is 2.48. The first-order chi connectivity index (χ1) is 7.94. The molecule has 0 fully saturated rings. The number of carbonyl (C=O) groups excluding carboxylic acids is 1. The molecule has 0 heterocycles. The lowest BCUT2D eigenvalue weighted by Crippen LogP contribution is -2.44. The van der Waals surface area contributed by atoms with Crippen LogP contribution in [0.3, 0.4) is 0 Å². The molecule has 0 saturated carbocycles. The Morgan fingerprint density at radius 2 is 2.12 bits per heavy atom. The van der Waals surface area contributed by atoms with Crippen LogP contribution in [-0.2, 0) is 0 Å². The molecular weight excluding hydrogens is 227 g/mol. The Labute approximate surface area is 98.3 Å². The minimum absolute atomic E-state index is 0.0497. The minimum Gasteiger partial charge on any atom is -0.393 e. The Morgan fingerprint density at radius 1 is 1.47 bits per heavy atom. The van der Waals surface area contributed by atoms with Crippen molar-refractivity contribution in [3.63, 3.8) is 0 Å². The number of anilines is 1. The van der Waals surface area contributed by atoms with Crippen molar-refractivity contribution < 1.29 is 19.4 Å². The van der Waals surface area contributed by atoms with Crippen LogP contribution >= 0.6 is 0 Å². The SMILES string of the molecule is CC(O)(CO)CNC(=O)Nc1ccccc1F. The molecule has 17 heavy (non-hydrogen) atoms. The molecule has 0 saturated heterocycles. The number of rotatable bonds is 4. The fourth-order valence-corrected chi connectivity index (χ4v) is 1.06. The van der Waals surface area contributed by atoms with E-state index in [0.29, 0.717) is 0 Å². The summed E-state index contributed by atoms with van der Waals surface area (Å²) in [6.07, 6.45) is 0. The fraction of sp³-hybridized carbons (Fsp3) is 0.364. The van der Waals surface area contributed by atoms with Crippen molar-refractivity contribution in [1.29, 1.82) is 0 Å². The third-order valence-electron chi connectivity index (χ3n) is 2.09. The molecule has 0 aliphatic heterocycles. The van der Waals surface area contributed by atoms with Gasteiger partial charge in [0.05, 0.1) is 18.8 Å². The second-order valence-corrected chi connectivity index (χ2v) is 3.94. The average molecular weight is 242 g/mol. The molecule has 94 valence electrons. The van der Waals surface area contributed by atoms with Crippen molar-refractivity contribution in [3.05, 3.63) is 30.1 Å². The minimum atomic E-state index is -1.40. The Bertz CT molecular complexity index is 396. The first-order valence-corrected chi connectivity index (χ1v) is 5.07. The van der Waals surface area contributed by atoms with E-state index in [1.54, 1.807) is 6.07 Å². The van der Waals surface area contributed by atoms with Crippen molar-refractivity contribution >= 4 is 11.7 Å². The second-order valence-electron chi connectivity index (χ2n) is 3.94. The number of halogens is 1.